The molecule has 148 valence electrons. The monoisotopic (exact) mass is 401 g/mol. The largest absolute Gasteiger partial charge is 0.393 e. The summed E-state index contributed by atoms with van der Waals surface area (Å²) in [4.78, 5) is 12.6. The average Bonchev–Trinajstić information content (AvgIpc) is 3.26. The Morgan fingerprint density at radius 2 is 1.89 bits per heavy atom. The smallest absolute Gasteiger partial charge is 0.224 e. The van der Waals surface area contributed by atoms with Crippen molar-refractivity contribution in [2.75, 3.05) is 0 Å². The Morgan fingerprint density at radius 3 is 2.37 bits per heavy atom. The standard InChI is InChI=1S/C20H23ClF3NO2/c21-12-1-2-13(22)14(15(12)23)16(18-5-7-19(24,10-18)8-6-18)20(17(25)27)4-3-11(26)9-20/h1-2,11,16,26H,3-10H2,(H2,25,27)/t11?,16-,18?,19?,20?/m0/s1. The van der Waals surface area contributed by atoms with Crippen molar-refractivity contribution >= 4 is 17.5 Å². The predicted octanol–water partition coefficient (Wildman–Crippen LogP) is 4.39. The first kappa shape index (κ1) is 19.1. The molecule has 0 aromatic heterocycles. The van der Waals surface area contributed by atoms with Crippen molar-refractivity contribution in [3.8, 4) is 0 Å². The first-order valence-electron chi connectivity index (χ1n) is 9.43. The molecule has 3 aliphatic carbocycles. The van der Waals surface area contributed by atoms with E-state index in [9.17, 15) is 18.7 Å². The Labute approximate surface area is 161 Å². The van der Waals surface area contributed by atoms with Gasteiger partial charge in [0.05, 0.1) is 16.5 Å². The topological polar surface area (TPSA) is 63.3 Å². The number of halogens is 4. The van der Waals surface area contributed by atoms with Crippen LogP contribution in [0.5, 0.6) is 0 Å². The number of primary amides is 1. The highest BCUT2D eigenvalue weighted by Crippen LogP contribution is 2.70. The Balaban J connectivity index is 1.95. The van der Waals surface area contributed by atoms with Gasteiger partial charge in [0, 0.05) is 11.5 Å². The van der Waals surface area contributed by atoms with Crippen molar-refractivity contribution in [1.82, 2.24) is 0 Å². The second kappa shape index (κ2) is 6.11. The lowest BCUT2D eigenvalue weighted by Gasteiger charge is -2.46. The molecule has 2 bridgehead atoms. The van der Waals surface area contributed by atoms with Crippen molar-refractivity contribution in [3.05, 3.63) is 34.4 Å². The maximum Gasteiger partial charge on any atom is 0.224 e. The minimum Gasteiger partial charge on any atom is -0.393 e. The van der Waals surface area contributed by atoms with Crippen LogP contribution in [0, 0.1) is 22.5 Å². The van der Waals surface area contributed by atoms with E-state index in [0.29, 0.717) is 32.1 Å². The number of hydrogen-bond acceptors (Lipinski definition) is 2. The first-order chi connectivity index (χ1) is 12.6. The van der Waals surface area contributed by atoms with Crippen molar-refractivity contribution in [3.63, 3.8) is 0 Å². The van der Waals surface area contributed by atoms with E-state index in [-0.39, 0.29) is 29.8 Å². The molecule has 0 heterocycles. The summed E-state index contributed by atoms with van der Waals surface area (Å²) < 4.78 is 45.0. The van der Waals surface area contributed by atoms with E-state index in [1.807, 2.05) is 0 Å². The molecular formula is C20H23ClF3NO2. The predicted molar refractivity (Wildman–Crippen MR) is 95.0 cm³/mol. The number of amides is 1. The summed E-state index contributed by atoms with van der Waals surface area (Å²) in [7, 11) is 0. The lowest BCUT2D eigenvalue weighted by atomic mass is 9.56. The van der Waals surface area contributed by atoms with Gasteiger partial charge in [-0.25, -0.2) is 13.2 Å². The highest BCUT2D eigenvalue weighted by molar-refractivity contribution is 6.30. The van der Waals surface area contributed by atoms with E-state index in [0.717, 1.165) is 12.1 Å². The van der Waals surface area contributed by atoms with Crippen LogP contribution in [0.1, 0.15) is 62.8 Å². The zero-order valence-electron chi connectivity index (χ0n) is 14.9. The number of aliphatic hydroxyl groups excluding tert-OH is 1. The second-order valence-corrected chi connectivity index (χ2v) is 9.20. The molecule has 0 radical (unpaired) electrons. The number of hydrogen-bond donors (Lipinski definition) is 2. The van der Waals surface area contributed by atoms with Crippen molar-refractivity contribution in [2.24, 2.45) is 16.6 Å². The van der Waals surface area contributed by atoms with Crippen LogP contribution in [0.25, 0.3) is 0 Å². The van der Waals surface area contributed by atoms with Gasteiger partial charge < -0.3 is 10.8 Å². The van der Waals surface area contributed by atoms with Gasteiger partial charge in [-0.1, -0.05) is 11.6 Å². The molecule has 3 N–H and O–H groups in total. The molecule has 3 fully saturated rings. The molecule has 27 heavy (non-hydrogen) atoms. The molecule has 0 aliphatic heterocycles. The summed E-state index contributed by atoms with van der Waals surface area (Å²) in [5.41, 5.74) is 2.06. The van der Waals surface area contributed by atoms with Crippen LogP contribution in [0.3, 0.4) is 0 Å². The molecule has 2 unspecified atom stereocenters. The van der Waals surface area contributed by atoms with E-state index in [1.165, 1.54) is 0 Å². The normalized spacial score (nSPS) is 39.1. The number of benzene rings is 1. The maximum atomic E-state index is 15.1. The van der Waals surface area contributed by atoms with Gasteiger partial charge in [0.25, 0.3) is 0 Å². The van der Waals surface area contributed by atoms with Crippen LogP contribution in [-0.2, 0) is 4.79 Å². The number of carbonyl (C=O) groups is 1. The van der Waals surface area contributed by atoms with Crippen molar-refractivity contribution < 1.29 is 23.1 Å². The molecule has 0 saturated heterocycles. The average molecular weight is 402 g/mol. The summed E-state index contributed by atoms with van der Waals surface area (Å²) in [6, 6.07) is 2.21. The zero-order chi connectivity index (χ0) is 19.6. The number of rotatable bonds is 4. The van der Waals surface area contributed by atoms with Crippen LogP contribution < -0.4 is 5.73 Å². The van der Waals surface area contributed by atoms with Gasteiger partial charge >= 0.3 is 0 Å². The summed E-state index contributed by atoms with van der Waals surface area (Å²) >= 11 is 5.94. The Kier molecular flexibility index (Phi) is 4.32. The van der Waals surface area contributed by atoms with Gasteiger partial charge in [0.15, 0.2) is 0 Å². The Hall–Kier alpha value is -1.27. The van der Waals surface area contributed by atoms with Gasteiger partial charge in [-0.3, -0.25) is 4.79 Å². The van der Waals surface area contributed by atoms with Crippen molar-refractivity contribution in [2.45, 2.75) is 69.1 Å². The van der Waals surface area contributed by atoms with Crippen LogP contribution >= 0.6 is 11.6 Å². The minimum atomic E-state index is -1.36. The summed E-state index contributed by atoms with van der Waals surface area (Å²) in [5.74, 6) is -3.36. The Bertz CT molecular complexity index is 794. The lowest BCUT2D eigenvalue weighted by Crippen LogP contribution is -2.47. The summed E-state index contributed by atoms with van der Waals surface area (Å²) in [5, 5.41) is 9.93. The Morgan fingerprint density at radius 1 is 1.22 bits per heavy atom. The number of nitrogens with two attached hydrogens (primary N) is 1. The molecule has 1 amide bonds. The van der Waals surface area contributed by atoms with E-state index in [4.69, 9.17) is 17.3 Å². The quantitative estimate of drug-likeness (QED) is 0.735. The SMILES string of the molecule is NC(=O)C1([C@@H](c2c(F)ccc(Cl)c2F)C23CCC(F)(CC2)C3)CCC(O)C1. The molecule has 3 atom stereocenters. The molecule has 7 heteroatoms. The van der Waals surface area contributed by atoms with Gasteiger partial charge in [0.1, 0.15) is 17.3 Å². The van der Waals surface area contributed by atoms with E-state index < -0.39 is 46.1 Å². The van der Waals surface area contributed by atoms with Gasteiger partial charge in [-0.05, 0) is 68.9 Å². The van der Waals surface area contributed by atoms with Crippen LogP contribution in [0.4, 0.5) is 13.2 Å². The fraction of sp³-hybridized carbons (Fsp3) is 0.650. The third-order valence-electron chi connectivity index (χ3n) is 7.36. The number of aliphatic hydroxyl groups is 1. The van der Waals surface area contributed by atoms with E-state index in [2.05, 4.69) is 0 Å². The van der Waals surface area contributed by atoms with Gasteiger partial charge in [-0.2, -0.15) is 0 Å². The minimum absolute atomic E-state index is 0.0272. The molecule has 0 spiro atoms. The fourth-order valence-electron chi connectivity index (χ4n) is 6.22. The number of fused-ring (bicyclic) bond motifs is 2. The number of carbonyl (C=O) groups excluding carboxylic acids is 1. The van der Waals surface area contributed by atoms with Crippen LogP contribution in [0.15, 0.2) is 12.1 Å². The van der Waals surface area contributed by atoms with Crippen LogP contribution in [-0.4, -0.2) is 22.8 Å². The molecule has 4 rings (SSSR count). The van der Waals surface area contributed by atoms with Gasteiger partial charge in [-0.15, -0.1) is 0 Å². The van der Waals surface area contributed by atoms with Crippen molar-refractivity contribution in [1.29, 1.82) is 0 Å². The third kappa shape index (κ3) is 2.70. The summed E-state index contributed by atoms with van der Waals surface area (Å²) in [6.45, 7) is 0. The lowest BCUT2D eigenvalue weighted by molar-refractivity contribution is -0.132. The van der Waals surface area contributed by atoms with E-state index in [1.54, 1.807) is 0 Å². The first-order valence-corrected chi connectivity index (χ1v) is 9.81. The molecule has 3 saturated carbocycles. The second-order valence-electron chi connectivity index (χ2n) is 8.80. The zero-order valence-corrected chi connectivity index (χ0v) is 15.7. The molecular weight excluding hydrogens is 379 g/mol. The summed E-state index contributed by atoms with van der Waals surface area (Å²) in [6.07, 6.45) is 1.44. The molecule has 3 aliphatic rings. The third-order valence-corrected chi connectivity index (χ3v) is 7.65. The highest BCUT2D eigenvalue weighted by Gasteiger charge is 2.65. The number of alkyl halides is 1. The maximum absolute atomic E-state index is 15.1. The van der Waals surface area contributed by atoms with E-state index >= 15 is 4.39 Å². The fourth-order valence-corrected chi connectivity index (χ4v) is 6.39. The molecule has 3 nitrogen and oxygen atoms in total. The van der Waals surface area contributed by atoms with Crippen LogP contribution in [0.2, 0.25) is 5.02 Å². The highest BCUT2D eigenvalue weighted by atomic mass is 35.5. The molecule has 1 aromatic carbocycles. The molecule has 1 aromatic rings. The van der Waals surface area contributed by atoms with Gasteiger partial charge in [0.2, 0.25) is 5.91 Å².